The van der Waals surface area contributed by atoms with Gasteiger partial charge in [-0.3, -0.25) is 4.79 Å². The first-order chi connectivity index (χ1) is 8.61. The SMILES string of the molecule is COc1ccc(C(=O)c2cc(Cl)ccc2Br)cc1. The Morgan fingerprint density at radius 2 is 1.83 bits per heavy atom. The van der Waals surface area contributed by atoms with Crippen molar-refractivity contribution < 1.29 is 9.53 Å². The van der Waals surface area contributed by atoms with Crippen molar-refractivity contribution in [1.82, 2.24) is 0 Å². The van der Waals surface area contributed by atoms with E-state index in [0.29, 0.717) is 16.1 Å². The topological polar surface area (TPSA) is 26.3 Å². The second kappa shape index (κ2) is 5.55. The van der Waals surface area contributed by atoms with Gasteiger partial charge in [-0.1, -0.05) is 27.5 Å². The summed E-state index contributed by atoms with van der Waals surface area (Å²) in [5, 5.41) is 0.537. The van der Waals surface area contributed by atoms with Crippen LogP contribution in [0.15, 0.2) is 46.9 Å². The van der Waals surface area contributed by atoms with Crippen LogP contribution in [0, 0.1) is 0 Å². The molecule has 0 N–H and O–H groups in total. The summed E-state index contributed by atoms with van der Waals surface area (Å²) in [5.74, 6) is 0.642. The third kappa shape index (κ3) is 2.74. The van der Waals surface area contributed by atoms with E-state index in [1.807, 2.05) is 0 Å². The number of carbonyl (C=O) groups is 1. The molecule has 0 fully saturated rings. The van der Waals surface area contributed by atoms with E-state index >= 15 is 0 Å². The predicted octanol–water partition coefficient (Wildman–Crippen LogP) is 4.34. The van der Waals surface area contributed by atoms with Crippen LogP contribution in [0.25, 0.3) is 0 Å². The van der Waals surface area contributed by atoms with Gasteiger partial charge in [0.15, 0.2) is 5.78 Å². The van der Waals surface area contributed by atoms with E-state index in [9.17, 15) is 4.79 Å². The highest BCUT2D eigenvalue weighted by atomic mass is 79.9. The van der Waals surface area contributed by atoms with Gasteiger partial charge in [-0.05, 0) is 42.5 Å². The molecule has 0 aromatic heterocycles. The molecule has 0 unspecified atom stereocenters. The van der Waals surface area contributed by atoms with E-state index in [4.69, 9.17) is 16.3 Å². The van der Waals surface area contributed by atoms with Crippen LogP contribution in [0.5, 0.6) is 5.75 Å². The van der Waals surface area contributed by atoms with Crippen LogP contribution in [0.1, 0.15) is 15.9 Å². The summed E-state index contributed by atoms with van der Waals surface area (Å²) in [4.78, 5) is 12.3. The largest absolute Gasteiger partial charge is 0.497 e. The second-order valence-corrected chi connectivity index (χ2v) is 4.97. The maximum absolute atomic E-state index is 12.3. The molecular weight excluding hydrogens is 316 g/mol. The summed E-state index contributed by atoms with van der Waals surface area (Å²) in [6.07, 6.45) is 0. The lowest BCUT2D eigenvalue weighted by Gasteiger charge is -2.05. The maximum atomic E-state index is 12.3. The molecule has 92 valence electrons. The normalized spacial score (nSPS) is 10.2. The monoisotopic (exact) mass is 324 g/mol. The van der Waals surface area contributed by atoms with E-state index in [0.717, 1.165) is 10.2 Å². The molecule has 0 aliphatic carbocycles. The van der Waals surface area contributed by atoms with Crippen molar-refractivity contribution in [3.63, 3.8) is 0 Å². The molecular formula is C14H10BrClO2. The molecule has 2 rings (SSSR count). The zero-order valence-electron chi connectivity index (χ0n) is 9.61. The number of methoxy groups -OCH3 is 1. The maximum Gasteiger partial charge on any atom is 0.194 e. The average Bonchev–Trinajstić information content (AvgIpc) is 2.41. The number of hydrogen-bond acceptors (Lipinski definition) is 2. The van der Waals surface area contributed by atoms with Gasteiger partial charge in [-0.15, -0.1) is 0 Å². The van der Waals surface area contributed by atoms with Crippen molar-refractivity contribution in [2.45, 2.75) is 0 Å². The minimum Gasteiger partial charge on any atom is -0.497 e. The first kappa shape index (κ1) is 13.1. The second-order valence-electron chi connectivity index (χ2n) is 3.68. The fraction of sp³-hybridized carbons (Fsp3) is 0.0714. The fourth-order valence-electron chi connectivity index (χ4n) is 1.57. The van der Waals surface area contributed by atoms with Crippen LogP contribution in [0.2, 0.25) is 5.02 Å². The lowest BCUT2D eigenvalue weighted by molar-refractivity contribution is 0.103. The Morgan fingerprint density at radius 3 is 2.44 bits per heavy atom. The van der Waals surface area contributed by atoms with Gasteiger partial charge in [0, 0.05) is 20.6 Å². The smallest absolute Gasteiger partial charge is 0.194 e. The molecule has 4 heteroatoms. The third-order valence-corrected chi connectivity index (χ3v) is 3.45. The van der Waals surface area contributed by atoms with Gasteiger partial charge >= 0.3 is 0 Å². The van der Waals surface area contributed by atoms with Gasteiger partial charge < -0.3 is 4.74 Å². The van der Waals surface area contributed by atoms with E-state index < -0.39 is 0 Å². The Balaban J connectivity index is 2.38. The minimum absolute atomic E-state index is 0.0768. The van der Waals surface area contributed by atoms with Crippen molar-refractivity contribution in [3.8, 4) is 5.75 Å². The first-order valence-electron chi connectivity index (χ1n) is 5.25. The number of rotatable bonds is 3. The molecule has 0 atom stereocenters. The van der Waals surface area contributed by atoms with Gasteiger partial charge in [0.05, 0.1) is 7.11 Å². The molecule has 0 aliphatic rings. The average molecular weight is 326 g/mol. The van der Waals surface area contributed by atoms with Crippen molar-refractivity contribution in [2.75, 3.05) is 7.11 Å². The quantitative estimate of drug-likeness (QED) is 0.785. The molecule has 0 radical (unpaired) electrons. The number of ketones is 1. The number of benzene rings is 2. The Labute approximate surface area is 119 Å². The van der Waals surface area contributed by atoms with E-state index in [-0.39, 0.29) is 5.78 Å². The molecule has 0 saturated carbocycles. The summed E-state index contributed by atoms with van der Waals surface area (Å²) in [6, 6.07) is 12.1. The Hall–Kier alpha value is -1.32. The summed E-state index contributed by atoms with van der Waals surface area (Å²) in [5.41, 5.74) is 1.14. The number of carbonyl (C=O) groups excluding carboxylic acids is 1. The fourth-order valence-corrected chi connectivity index (χ4v) is 2.17. The van der Waals surface area contributed by atoms with Gasteiger partial charge in [-0.25, -0.2) is 0 Å². The zero-order valence-corrected chi connectivity index (χ0v) is 12.0. The minimum atomic E-state index is -0.0768. The first-order valence-corrected chi connectivity index (χ1v) is 6.42. The molecule has 2 aromatic carbocycles. The molecule has 0 amide bonds. The third-order valence-electron chi connectivity index (χ3n) is 2.53. The van der Waals surface area contributed by atoms with Crippen LogP contribution in [0.3, 0.4) is 0 Å². The molecule has 0 heterocycles. The van der Waals surface area contributed by atoms with Crippen molar-refractivity contribution >= 4 is 33.3 Å². The van der Waals surface area contributed by atoms with Crippen LogP contribution < -0.4 is 4.74 Å². The van der Waals surface area contributed by atoms with Crippen LogP contribution in [-0.2, 0) is 0 Å². The standard InChI is InChI=1S/C14H10BrClO2/c1-18-11-5-2-9(3-6-11)14(17)12-8-10(16)4-7-13(12)15/h2-8H,1H3. The molecule has 0 saturated heterocycles. The molecule has 0 spiro atoms. The Kier molecular flexibility index (Phi) is 4.04. The highest BCUT2D eigenvalue weighted by Gasteiger charge is 2.13. The zero-order chi connectivity index (χ0) is 13.1. The van der Waals surface area contributed by atoms with E-state index in [2.05, 4.69) is 15.9 Å². The highest BCUT2D eigenvalue weighted by Crippen LogP contribution is 2.24. The predicted molar refractivity (Wildman–Crippen MR) is 75.6 cm³/mol. The van der Waals surface area contributed by atoms with Crippen LogP contribution >= 0.6 is 27.5 Å². The number of ether oxygens (including phenoxy) is 1. The van der Waals surface area contributed by atoms with Gasteiger partial charge in [-0.2, -0.15) is 0 Å². The molecule has 18 heavy (non-hydrogen) atoms. The van der Waals surface area contributed by atoms with E-state index in [1.165, 1.54) is 0 Å². The summed E-state index contributed by atoms with van der Waals surface area (Å²) in [7, 11) is 1.59. The van der Waals surface area contributed by atoms with E-state index in [1.54, 1.807) is 49.6 Å². The van der Waals surface area contributed by atoms with Crippen molar-refractivity contribution in [2.24, 2.45) is 0 Å². The summed E-state index contributed by atoms with van der Waals surface area (Å²) in [6.45, 7) is 0. The Morgan fingerprint density at radius 1 is 1.17 bits per heavy atom. The van der Waals surface area contributed by atoms with Crippen molar-refractivity contribution in [1.29, 1.82) is 0 Å². The van der Waals surface area contributed by atoms with Gasteiger partial charge in [0.1, 0.15) is 5.75 Å². The molecule has 2 aromatic rings. The lowest BCUT2D eigenvalue weighted by Crippen LogP contribution is -2.02. The lowest BCUT2D eigenvalue weighted by atomic mass is 10.0. The highest BCUT2D eigenvalue weighted by molar-refractivity contribution is 9.10. The van der Waals surface area contributed by atoms with Gasteiger partial charge in [0.2, 0.25) is 0 Å². The summed E-state index contributed by atoms with van der Waals surface area (Å²) >= 11 is 9.26. The van der Waals surface area contributed by atoms with Crippen LogP contribution in [0.4, 0.5) is 0 Å². The molecule has 0 bridgehead atoms. The summed E-state index contributed by atoms with van der Waals surface area (Å²) < 4.78 is 5.79. The number of halogens is 2. The number of hydrogen-bond donors (Lipinski definition) is 0. The molecule has 0 aliphatic heterocycles. The van der Waals surface area contributed by atoms with Crippen LogP contribution in [-0.4, -0.2) is 12.9 Å². The van der Waals surface area contributed by atoms with Crippen molar-refractivity contribution in [3.05, 3.63) is 63.1 Å². The molecule has 2 nitrogen and oxygen atoms in total. The Bertz CT molecular complexity index is 579. The van der Waals surface area contributed by atoms with Gasteiger partial charge in [0.25, 0.3) is 0 Å².